The van der Waals surface area contributed by atoms with E-state index in [1.165, 1.54) is 23.5 Å². The number of aryl methyl sites for hydroxylation is 1. The van der Waals surface area contributed by atoms with E-state index < -0.39 is 21.6 Å². The third-order valence-electron chi connectivity index (χ3n) is 6.87. The number of nitrogens with one attached hydrogen (secondary N) is 2. The summed E-state index contributed by atoms with van der Waals surface area (Å²) >= 11 is 1.53. The molecule has 1 amide bonds. The average molecular weight is 665 g/mol. The van der Waals surface area contributed by atoms with Crippen molar-refractivity contribution in [1.82, 2.24) is 25.6 Å². The third kappa shape index (κ3) is 8.73. The second-order valence-corrected chi connectivity index (χ2v) is 14.5. The SMILES string of the molecule is CC(C)(C)c1csc(COc2cccc(C(=O)Nc3cc(CCCS(=O)(=O)c4ccc(F)cc4)ccc3OCc3nn[nH]n3)c2)n1. The number of rotatable bonds is 13. The minimum atomic E-state index is -3.59. The summed E-state index contributed by atoms with van der Waals surface area (Å²) in [7, 11) is -3.59. The molecule has 240 valence electrons. The minimum Gasteiger partial charge on any atom is -0.486 e. The van der Waals surface area contributed by atoms with Crippen molar-refractivity contribution in [2.45, 2.75) is 57.1 Å². The van der Waals surface area contributed by atoms with E-state index >= 15 is 0 Å². The molecule has 2 N–H and O–H groups in total. The summed E-state index contributed by atoms with van der Waals surface area (Å²) in [4.78, 5) is 18.1. The van der Waals surface area contributed by atoms with Crippen LogP contribution >= 0.6 is 11.3 Å². The first-order valence-corrected chi connectivity index (χ1v) is 16.9. The fourth-order valence-electron chi connectivity index (χ4n) is 4.36. The van der Waals surface area contributed by atoms with Gasteiger partial charge in [0.2, 0.25) is 5.82 Å². The largest absolute Gasteiger partial charge is 0.486 e. The zero-order valence-electron chi connectivity index (χ0n) is 25.5. The maximum atomic E-state index is 13.4. The maximum Gasteiger partial charge on any atom is 0.255 e. The lowest BCUT2D eigenvalue weighted by molar-refractivity contribution is 0.102. The molecule has 5 rings (SSSR count). The van der Waals surface area contributed by atoms with E-state index in [9.17, 15) is 17.6 Å². The normalized spacial score (nSPS) is 11.7. The predicted octanol–water partition coefficient (Wildman–Crippen LogP) is 5.91. The first-order valence-electron chi connectivity index (χ1n) is 14.4. The van der Waals surface area contributed by atoms with Gasteiger partial charge in [0, 0.05) is 16.4 Å². The minimum absolute atomic E-state index is 0.00559. The van der Waals surface area contributed by atoms with Crippen LogP contribution in [0.15, 0.2) is 77.0 Å². The lowest BCUT2D eigenvalue weighted by Crippen LogP contribution is -2.14. The number of hydrogen-bond acceptors (Lipinski definition) is 10. The Balaban J connectivity index is 1.27. The van der Waals surface area contributed by atoms with E-state index in [1.807, 2.05) is 5.38 Å². The van der Waals surface area contributed by atoms with E-state index in [4.69, 9.17) is 9.47 Å². The van der Waals surface area contributed by atoms with Crippen molar-refractivity contribution in [3.63, 3.8) is 0 Å². The van der Waals surface area contributed by atoms with E-state index in [2.05, 4.69) is 51.7 Å². The van der Waals surface area contributed by atoms with Crippen LogP contribution in [-0.4, -0.2) is 45.7 Å². The van der Waals surface area contributed by atoms with Crippen LogP contribution in [0.5, 0.6) is 11.5 Å². The third-order valence-corrected chi connectivity index (χ3v) is 9.51. The zero-order chi connectivity index (χ0) is 32.7. The van der Waals surface area contributed by atoms with E-state index in [0.717, 1.165) is 28.4 Å². The van der Waals surface area contributed by atoms with Crippen LogP contribution in [0.4, 0.5) is 10.1 Å². The van der Waals surface area contributed by atoms with Gasteiger partial charge < -0.3 is 14.8 Å². The number of anilines is 1. The highest BCUT2D eigenvalue weighted by molar-refractivity contribution is 7.91. The van der Waals surface area contributed by atoms with Gasteiger partial charge in [-0.1, -0.05) is 38.1 Å². The van der Waals surface area contributed by atoms with Crippen molar-refractivity contribution in [3.05, 3.63) is 106 Å². The van der Waals surface area contributed by atoms with Gasteiger partial charge in [-0.3, -0.25) is 4.79 Å². The van der Waals surface area contributed by atoms with Crippen LogP contribution in [0.1, 0.15) is 59.6 Å². The fraction of sp³-hybridized carbons (Fsp3) is 0.281. The summed E-state index contributed by atoms with van der Waals surface area (Å²) in [5, 5.41) is 19.4. The highest BCUT2D eigenvalue weighted by atomic mass is 32.2. The van der Waals surface area contributed by atoms with Crippen molar-refractivity contribution in [3.8, 4) is 11.5 Å². The molecular weight excluding hydrogens is 632 g/mol. The number of sulfone groups is 1. The summed E-state index contributed by atoms with van der Waals surface area (Å²) in [6, 6.07) is 16.8. The van der Waals surface area contributed by atoms with Gasteiger partial charge in [-0.25, -0.2) is 17.8 Å². The summed E-state index contributed by atoms with van der Waals surface area (Å²) in [5.74, 6) is 0.195. The molecule has 0 radical (unpaired) electrons. The number of hydrogen-bond donors (Lipinski definition) is 2. The van der Waals surface area contributed by atoms with Gasteiger partial charge in [0.05, 0.1) is 22.0 Å². The molecule has 0 fully saturated rings. The highest BCUT2D eigenvalue weighted by Crippen LogP contribution is 2.29. The molecule has 2 aromatic heterocycles. The fourth-order valence-corrected chi connectivity index (χ4v) is 6.60. The average Bonchev–Trinajstić information content (AvgIpc) is 3.73. The van der Waals surface area contributed by atoms with Gasteiger partial charge in [0.1, 0.15) is 28.9 Å². The number of H-pyrrole nitrogens is 1. The molecule has 46 heavy (non-hydrogen) atoms. The molecule has 0 spiro atoms. The quantitative estimate of drug-likeness (QED) is 0.147. The number of tetrazole rings is 1. The zero-order valence-corrected chi connectivity index (χ0v) is 27.1. The molecule has 11 nitrogen and oxygen atoms in total. The Kier molecular flexibility index (Phi) is 10.1. The van der Waals surface area contributed by atoms with Gasteiger partial charge in [-0.15, -0.1) is 21.5 Å². The van der Waals surface area contributed by atoms with Crippen LogP contribution in [0, 0.1) is 5.82 Å². The number of thiazole rings is 1. The first-order chi connectivity index (χ1) is 22.0. The monoisotopic (exact) mass is 664 g/mol. The van der Waals surface area contributed by atoms with Crippen LogP contribution < -0.4 is 14.8 Å². The van der Waals surface area contributed by atoms with Gasteiger partial charge in [0.15, 0.2) is 16.4 Å². The summed E-state index contributed by atoms with van der Waals surface area (Å²) < 4.78 is 50.5. The van der Waals surface area contributed by atoms with E-state index in [0.29, 0.717) is 41.4 Å². The van der Waals surface area contributed by atoms with Crippen molar-refractivity contribution in [1.29, 1.82) is 0 Å². The number of carbonyl (C=O) groups is 1. The number of aromatic nitrogens is 5. The van der Waals surface area contributed by atoms with Crippen molar-refractivity contribution in [2.75, 3.05) is 11.1 Å². The number of carbonyl (C=O) groups excluding carboxylic acids is 1. The molecule has 0 aliphatic heterocycles. The maximum absolute atomic E-state index is 13.4. The van der Waals surface area contributed by atoms with Crippen LogP contribution in [0.3, 0.4) is 0 Å². The number of amides is 1. The molecule has 0 aliphatic carbocycles. The number of ether oxygens (including phenoxy) is 2. The molecule has 2 heterocycles. The summed E-state index contributed by atoms with van der Waals surface area (Å²) in [5.41, 5.74) is 2.48. The highest BCUT2D eigenvalue weighted by Gasteiger charge is 2.19. The second-order valence-electron chi connectivity index (χ2n) is 11.5. The number of nitrogens with zero attached hydrogens (tertiary/aromatic N) is 4. The molecular formula is C32H33FN6O5S2. The molecule has 14 heteroatoms. The van der Waals surface area contributed by atoms with E-state index in [-0.39, 0.29) is 29.3 Å². The lowest BCUT2D eigenvalue weighted by Gasteiger charge is -2.14. The molecule has 0 atom stereocenters. The van der Waals surface area contributed by atoms with Crippen molar-refractivity contribution >= 4 is 32.8 Å². The van der Waals surface area contributed by atoms with Gasteiger partial charge >= 0.3 is 0 Å². The molecule has 0 saturated carbocycles. The smallest absolute Gasteiger partial charge is 0.255 e. The second kappa shape index (κ2) is 14.2. The standard InChI is InChI=1S/C32H33FN6O5S2/c1-32(2,3)28-20-45-30(35-28)19-43-24-8-4-7-22(17-24)31(40)34-26-16-21(9-14-27(26)44-18-29-36-38-39-37-29)6-5-15-46(41,42)25-12-10-23(33)11-13-25/h4,7-14,16-17,20H,5-6,15,18-19H2,1-3H3,(H,34,40)(H,36,37,38,39). The van der Waals surface area contributed by atoms with Gasteiger partial charge in [0.25, 0.3) is 5.91 Å². The lowest BCUT2D eigenvalue weighted by atomic mass is 9.93. The summed E-state index contributed by atoms with van der Waals surface area (Å²) in [6.45, 7) is 6.59. The Morgan fingerprint density at radius 2 is 1.83 bits per heavy atom. The Bertz CT molecular complexity index is 1890. The Hall–Kier alpha value is -4.69. The summed E-state index contributed by atoms with van der Waals surface area (Å²) in [6.07, 6.45) is 0.720. The number of aromatic amines is 1. The molecule has 0 unspecified atom stereocenters. The topological polar surface area (TPSA) is 149 Å². The molecule has 0 saturated heterocycles. The Labute approximate surface area is 270 Å². The number of benzene rings is 3. The van der Waals surface area contributed by atoms with Crippen LogP contribution in [0.2, 0.25) is 0 Å². The first kappa shape index (κ1) is 32.7. The predicted molar refractivity (Wildman–Crippen MR) is 171 cm³/mol. The van der Waals surface area contributed by atoms with Crippen molar-refractivity contribution in [2.24, 2.45) is 0 Å². The van der Waals surface area contributed by atoms with Crippen LogP contribution in [0.25, 0.3) is 0 Å². The molecule has 0 aliphatic rings. The number of halogens is 1. The molecule has 3 aromatic carbocycles. The molecule has 0 bridgehead atoms. The Morgan fingerprint density at radius 1 is 1.02 bits per heavy atom. The van der Waals surface area contributed by atoms with Crippen molar-refractivity contribution < 1.29 is 27.1 Å². The van der Waals surface area contributed by atoms with E-state index in [1.54, 1.807) is 42.5 Å². The van der Waals surface area contributed by atoms with Gasteiger partial charge in [-0.2, -0.15) is 5.21 Å². The van der Waals surface area contributed by atoms with Crippen LogP contribution in [-0.2, 0) is 34.9 Å². The molecule has 5 aromatic rings. The Morgan fingerprint density at radius 3 is 2.54 bits per heavy atom. The van der Waals surface area contributed by atoms with Gasteiger partial charge in [-0.05, 0) is 73.0 Å².